The molecular formula is C22H22Cl3N5O2S. The van der Waals surface area contributed by atoms with Crippen molar-refractivity contribution >= 4 is 64.1 Å². The molecule has 0 aliphatic rings. The number of carbonyl (C=O) groups is 2. The van der Waals surface area contributed by atoms with Gasteiger partial charge in [0, 0.05) is 22.8 Å². The molecule has 0 aliphatic heterocycles. The van der Waals surface area contributed by atoms with Crippen LogP contribution < -0.4 is 10.6 Å². The maximum absolute atomic E-state index is 12.8. The summed E-state index contributed by atoms with van der Waals surface area (Å²) in [5.74, 6) is 0.184. The Morgan fingerprint density at radius 1 is 1.06 bits per heavy atom. The summed E-state index contributed by atoms with van der Waals surface area (Å²) in [6, 6.07) is 11.3. The molecule has 2 aromatic carbocycles. The van der Waals surface area contributed by atoms with Crippen LogP contribution in [-0.4, -0.2) is 32.3 Å². The molecule has 0 radical (unpaired) electrons. The summed E-state index contributed by atoms with van der Waals surface area (Å²) in [6.45, 7) is 3.95. The summed E-state index contributed by atoms with van der Waals surface area (Å²) >= 11 is 19.3. The average Bonchev–Trinajstić information content (AvgIpc) is 3.09. The Labute approximate surface area is 211 Å². The van der Waals surface area contributed by atoms with Gasteiger partial charge in [-0.2, -0.15) is 0 Å². The summed E-state index contributed by atoms with van der Waals surface area (Å²) in [7, 11) is 1.79. The molecule has 0 fully saturated rings. The van der Waals surface area contributed by atoms with Crippen molar-refractivity contribution in [3.8, 4) is 0 Å². The zero-order chi connectivity index (χ0) is 24.1. The second-order valence-electron chi connectivity index (χ2n) is 7.57. The van der Waals surface area contributed by atoms with Crippen LogP contribution in [-0.2, 0) is 11.8 Å². The average molecular weight is 527 g/mol. The smallest absolute Gasteiger partial charge is 0.253 e. The van der Waals surface area contributed by atoms with Gasteiger partial charge >= 0.3 is 0 Å². The van der Waals surface area contributed by atoms with Crippen LogP contribution in [0.15, 0.2) is 47.6 Å². The number of benzene rings is 2. The first kappa shape index (κ1) is 25.4. The molecule has 0 saturated heterocycles. The van der Waals surface area contributed by atoms with Gasteiger partial charge in [-0.05, 0) is 36.2 Å². The van der Waals surface area contributed by atoms with E-state index in [4.69, 9.17) is 34.8 Å². The summed E-state index contributed by atoms with van der Waals surface area (Å²) in [5.41, 5.74) is 0.901. The van der Waals surface area contributed by atoms with E-state index < -0.39 is 6.04 Å². The van der Waals surface area contributed by atoms with Crippen molar-refractivity contribution in [1.29, 1.82) is 0 Å². The molecule has 0 saturated carbocycles. The van der Waals surface area contributed by atoms with E-state index in [2.05, 4.69) is 20.8 Å². The van der Waals surface area contributed by atoms with E-state index in [9.17, 15) is 9.59 Å². The van der Waals surface area contributed by atoms with E-state index in [1.54, 1.807) is 54.1 Å². The number of nitrogens with one attached hydrogen (secondary N) is 2. The fourth-order valence-electron chi connectivity index (χ4n) is 3.07. The number of aromatic nitrogens is 3. The largest absolute Gasteiger partial charge is 0.342 e. The quantitative estimate of drug-likeness (QED) is 0.371. The molecule has 1 heterocycles. The zero-order valence-electron chi connectivity index (χ0n) is 18.1. The van der Waals surface area contributed by atoms with E-state index in [0.29, 0.717) is 37.3 Å². The summed E-state index contributed by atoms with van der Waals surface area (Å²) in [6.07, 6.45) is 0. The van der Waals surface area contributed by atoms with Gasteiger partial charge in [-0.1, -0.05) is 72.5 Å². The first-order valence-electron chi connectivity index (χ1n) is 9.99. The van der Waals surface area contributed by atoms with Crippen molar-refractivity contribution in [3.63, 3.8) is 0 Å². The second kappa shape index (κ2) is 11.2. The molecule has 0 unspecified atom stereocenters. The summed E-state index contributed by atoms with van der Waals surface area (Å²) < 4.78 is 1.77. The number of amides is 2. The molecule has 11 heteroatoms. The van der Waals surface area contributed by atoms with Crippen LogP contribution in [0.4, 0.5) is 5.69 Å². The molecule has 0 bridgehead atoms. The number of anilines is 1. The topological polar surface area (TPSA) is 88.9 Å². The monoisotopic (exact) mass is 525 g/mol. The Morgan fingerprint density at radius 3 is 2.36 bits per heavy atom. The molecule has 0 spiro atoms. The van der Waals surface area contributed by atoms with Crippen molar-refractivity contribution in [2.45, 2.75) is 25.0 Å². The maximum atomic E-state index is 12.8. The molecule has 2 amide bonds. The predicted molar refractivity (Wildman–Crippen MR) is 133 cm³/mol. The van der Waals surface area contributed by atoms with Crippen LogP contribution in [0.5, 0.6) is 0 Å². The lowest BCUT2D eigenvalue weighted by atomic mass is 10.0. The van der Waals surface area contributed by atoms with Gasteiger partial charge in [0.1, 0.15) is 0 Å². The van der Waals surface area contributed by atoms with Crippen molar-refractivity contribution < 1.29 is 9.59 Å². The van der Waals surface area contributed by atoms with Crippen molar-refractivity contribution in [2.24, 2.45) is 13.0 Å². The minimum atomic E-state index is -0.400. The lowest BCUT2D eigenvalue weighted by Gasteiger charge is -2.22. The van der Waals surface area contributed by atoms with E-state index >= 15 is 0 Å². The fourth-order valence-corrected chi connectivity index (χ4v) is 4.54. The van der Waals surface area contributed by atoms with Crippen LogP contribution in [0.2, 0.25) is 15.1 Å². The highest BCUT2D eigenvalue weighted by Gasteiger charge is 2.26. The fraction of sp³-hybridized carbons (Fsp3) is 0.273. The third-order valence-corrected chi connectivity index (χ3v) is 6.48. The van der Waals surface area contributed by atoms with E-state index in [-0.39, 0.29) is 23.5 Å². The third-order valence-electron chi connectivity index (χ3n) is 4.70. The highest BCUT2D eigenvalue weighted by atomic mass is 35.5. The van der Waals surface area contributed by atoms with Crippen molar-refractivity contribution in [3.05, 3.63) is 68.9 Å². The van der Waals surface area contributed by atoms with Crippen molar-refractivity contribution in [1.82, 2.24) is 20.1 Å². The number of thioether (sulfide) groups is 1. The highest BCUT2D eigenvalue weighted by molar-refractivity contribution is 7.99. The third kappa shape index (κ3) is 6.63. The predicted octanol–water partition coefficient (Wildman–Crippen LogP) is 5.63. The Morgan fingerprint density at radius 2 is 1.73 bits per heavy atom. The lowest BCUT2D eigenvalue weighted by molar-refractivity contribution is -0.113. The van der Waals surface area contributed by atoms with Crippen LogP contribution in [0, 0.1) is 5.92 Å². The van der Waals surface area contributed by atoms with Crippen LogP contribution in [0.1, 0.15) is 36.1 Å². The number of hydrogen-bond donors (Lipinski definition) is 2. The molecule has 1 aromatic heterocycles. The Bertz CT molecular complexity index is 1150. The first-order valence-corrected chi connectivity index (χ1v) is 12.1. The Kier molecular flexibility index (Phi) is 8.64. The van der Waals surface area contributed by atoms with Crippen LogP contribution in [0.3, 0.4) is 0 Å². The van der Waals surface area contributed by atoms with E-state index in [0.717, 1.165) is 0 Å². The molecular weight excluding hydrogens is 505 g/mol. The minimum Gasteiger partial charge on any atom is -0.342 e. The lowest BCUT2D eigenvalue weighted by Crippen LogP contribution is -2.33. The molecule has 174 valence electrons. The number of rotatable bonds is 8. The number of hydrogen-bond acceptors (Lipinski definition) is 5. The van der Waals surface area contributed by atoms with E-state index in [1.165, 1.54) is 11.8 Å². The van der Waals surface area contributed by atoms with Gasteiger partial charge in [-0.15, -0.1) is 10.2 Å². The zero-order valence-corrected chi connectivity index (χ0v) is 21.2. The summed E-state index contributed by atoms with van der Waals surface area (Å²) in [4.78, 5) is 25.1. The molecule has 2 N–H and O–H groups in total. The Balaban J connectivity index is 1.68. The first-order chi connectivity index (χ1) is 15.7. The summed E-state index contributed by atoms with van der Waals surface area (Å²) in [5, 5.41) is 16.0. The molecule has 1 atom stereocenters. The second-order valence-corrected chi connectivity index (χ2v) is 9.79. The number of carbonyl (C=O) groups excluding carboxylic acids is 2. The minimum absolute atomic E-state index is 0.0352. The number of halogens is 3. The van der Waals surface area contributed by atoms with Gasteiger partial charge in [0.25, 0.3) is 5.91 Å². The van der Waals surface area contributed by atoms with Gasteiger partial charge in [-0.3, -0.25) is 9.59 Å². The number of nitrogens with zero attached hydrogens (tertiary/aromatic N) is 3. The van der Waals surface area contributed by atoms with Gasteiger partial charge < -0.3 is 15.2 Å². The van der Waals surface area contributed by atoms with Crippen LogP contribution in [0.25, 0.3) is 0 Å². The van der Waals surface area contributed by atoms with Gasteiger partial charge in [-0.25, -0.2) is 0 Å². The maximum Gasteiger partial charge on any atom is 0.253 e. The van der Waals surface area contributed by atoms with Crippen molar-refractivity contribution in [2.75, 3.05) is 11.1 Å². The molecule has 0 aliphatic carbocycles. The molecule has 33 heavy (non-hydrogen) atoms. The van der Waals surface area contributed by atoms with Gasteiger partial charge in [0.05, 0.1) is 22.4 Å². The SMILES string of the molecule is CC(C)[C@H](NC(=O)c1ccccc1Cl)c1nnc(SCC(=O)Nc2cc(Cl)cc(Cl)c2)n1C. The molecule has 7 nitrogen and oxygen atoms in total. The highest BCUT2D eigenvalue weighted by Crippen LogP contribution is 2.26. The Hall–Kier alpha value is -2.26. The normalized spacial score (nSPS) is 12.0. The molecule has 3 aromatic rings. The molecule has 3 rings (SSSR count). The van der Waals surface area contributed by atoms with Gasteiger partial charge in [0.15, 0.2) is 11.0 Å². The van der Waals surface area contributed by atoms with E-state index in [1.807, 2.05) is 13.8 Å². The van der Waals surface area contributed by atoms with Crippen LogP contribution >= 0.6 is 46.6 Å². The van der Waals surface area contributed by atoms with Gasteiger partial charge in [0.2, 0.25) is 5.91 Å². The standard InChI is InChI=1S/C22H22Cl3N5O2S/c1-12(2)19(27-21(32)16-6-4-5-7-17(16)25)20-28-29-22(30(20)3)33-11-18(31)26-15-9-13(23)8-14(24)10-15/h4-10,12,19H,11H2,1-3H3,(H,26,31)(H,27,32)/t19-/m0/s1.